The highest BCUT2D eigenvalue weighted by atomic mass is 32.2. The van der Waals surface area contributed by atoms with Crippen LogP contribution in [0.3, 0.4) is 0 Å². The summed E-state index contributed by atoms with van der Waals surface area (Å²) in [6, 6.07) is 4.59. The number of rotatable bonds is 9. The van der Waals surface area contributed by atoms with Gasteiger partial charge in [-0.05, 0) is 38.0 Å². The van der Waals surface area contributed by atoms with E-state index in [9.17, 15) is 18.0 Å². The van der Waals surface area contributed by atoms with Gasteiger partial charge in [0.2, 0.25) is 15.9 Å². The molecular weight excluding hydrogens is 496 g/mol. The molecule has 0 saturated carbocycles. The number of aromatic amines is 1. The lowest BCUT2D eigenvalue weighted by Crippen LogP contribution is -2.50. The normalized spacial score (nSPS) is 14.9. The Bertz CT molecular complexity index is 1450. The van der Waals surface area contributed by atoms with Crippen LogP contribution in [0.4, 0.5) is 0 Å². The van der Waals surface area contributed by atoms with Crippen LogP contribution in [0.25, 0.3) is 22.4 Å². The number of carbonyl (C=O) groups is 1. The Labute approximate surface area is 216 Å². The van der Waals surface area contributed by atoms with Crippen molar-refractivity contribution in [1.29, 1.82) is 0 Å². The average Bonchev–Trinajstić information content (AvgIpc) is 3.20. The molecule has 37 heavy (non-hydrogen) atoms. The van der Waals surface area contributed by atoms with Crippen LogP contribution in [0.2, 0.25) is 0 Å². The molecule has 1 aliphatic rings. The molecule has 1 fully saturated rings. The molecule has 2 aromatic heterocycles. The number of amides is 1. The number of hydrogen-bond donors (Lipinski definition) is 1. The van der Waals surface area contributed by atoms with Crippen molar-refractivity contribution in [2.24, 2.45) is 7.05 Å². The number of ether oxygens (including phenoxy) is 1. The summed E-state index contributed by atoms with van der Waals surface area (Å²) >= 11 is 0. The van der Waals surface area contributed by atoms with E-state index >= 15 is 0 Å². The minimum atomic E-state index is -3.85. The Kier molecular flexibility index (Phi) is 7.98. The van der Waals surface area contributed by atoms with Crippen LogP contribution in [0.1, 0.15) is 45.7 Å². The summed E-state index contributed by atoms with van der Waals surface area (Å²) in [7, 11) is -2.15. The quantitative estimate of drug-likeness (QED) is 0.449. The Morgan fingerprint density at radius 3 is 2.49 bits per heavy atom. The van der Waals surface area contributed by atoms with E-state index in [1.807, 2.05) is 20.8 Å². The number of nitrogens with zero attached hydrogens (tertiary/aromatic N) is 5. The van der Waals surface area contributed by atoms with E-state index in [2.05, 4.69) is 10.1 Å². The molecule has 0 radical (unpaired) electrons. The number of sulfonamides is 1. The smallest absolute Gasteiger partial charge is 0.277 e. The van der Waals surface area contributed by atoms with Gasteiger partial charge in [0.25, 0.3) is 5.56 Å². The van der Waals surface area contributed by atoms with Crippen LogP contribution in [-0.4, -0.2) is 76.1 Å². The summed E-state index contributed by atoms with van der Waals surface area (Å²) in [6.07, 6.45) is 2.71. The van der Waals surface area contributed by atoms with E-state index in [-0.39, 0.29) is 35.3 Å². The first-order valence-electron chi connectivity index (χ1n) is 12.7. The molecule has 12 heteroatoms. The maximum Gasteiger partial charge on any atom is 0.277 e. The number of fused-ring (bicyclic) bond motifs is 1. The second kappa shape index (κ2) is 11.0. The van der Waals surface area contributed by atoms with Gasteiger partial charge < -0.3 is 14.6 Å². The van der Waals surface area contributed by atoms with Crippen molar-refractivity contribution >= 4 is 27.0 Å². The standard InChI is InChI=1S/C25H34N6O5S/c1-5-8-19-22-23(29(4)28-19)25(33)27-24(26-22)18-16-17(10-11-20(18)36-7-3)37(34,35)31-14-12-30(13-15-31)21(32)9-6-2/h10-11,16H,5-9,12-15H2,1-4H3,(H,26,27,33). The van der Waals surface area contributed by atoms with E-state index in [0.29, 0.717) is 60.6 Å². The van der Waals surface area contributed by atoms with Crippen LogP contribution in [0.5, 0.6) is 5.75 Å². The van der Waals surface area contributed by atoms with Gasteiger partial charge in [0.05, 0.1) is 22.8 Å². The van der Waals surface area contributed by atoms with E-state index in [1.54, 1.807) is 18.0 Å². The van der Waals surface area contributed by atoms with Gasteiger partial charge in [-0.15, -0.1) is 0 Å². The molecule has 1 N–H and O–H groups in total. The number of benzene rings is 1. The first-order chi connectivity index (χ1) is 17.7. The van der Waals surface area contributed by atoms with Gasteiger partial charge >= 0.3 is 0 Å². The number of carbonyl (C=O) groups excluding carboxylic acids is 1. The average molecular weight is 531 g/mol. The van der Waals surface area contributed by atoms with Crippen molar-refractivity contribution in [3.8, 4) is 17.1 Å². The summed E-state index contributed by atoms with van der Waals surface area (Å²) in [4.78, 5) is 34.5. The molecule has 0 unspecified atom stereocenters. The van der Waals surface area contributed by atoms with Gasteiger partial charge in [0, 0.05) is 39.6 Å². The summed E-state index contributed by atoms with van der Waals surface area (Å²) in [5.41, 5.74) is 1.59. The first kappa shape index (κ1) is 26.8. The molecule has 1 saturated heterocycles. The number of piperazine rings is 1. The molecule has 0 spiro atoms. The van der Waals surface area contributed by atoms with Gasteiger partial charge in [0.15, 0.2) is 5.52 Å². The van der Waals surface area contributed by atoms with Gasteiger partial charge in [-0.3, -0.25) is 14.3 Å². The van der Waals surface area contributed by atoms with E-state index in [0.717, 1.165) is 12.8 Å². The van der Waals surface area contributed by atoms with Crippen LogP contribution in [0, 0.1) is 0 Å². The zero-order chi connectivity index (χ0) is 26.7. The Balaban J connectivity index is 1.73. The number of nitrogens with one attached hydrogen (secondary N) is 1. The minimum Gasteiger partial charge on any atom is -0.493 e. The maximum atomic E-state index is 13.5. The number of H-pyrrole nitrogens is 1. The van der Waals surface area contributed by atoms with E-state index in [4.69, 9.17) is 9.72 Å². The molecule has 200 valence electrons. The van der Waals surface area contributed by atoms with Crippen molar-refractivity contribution in [3.05, 3.63) is 34.2 Å². The third kappa shape index (κ3) is 5.26. The van der Waals surface area contributed by atoms with Gasteiger partial charge in [-0.25, -0.2) is 13.4 Å². The molecule has 3 heterocycles. The third-order valence-corrected chi connectivity index (χ3v) is 8.34. The van der Waals surface area contributed by atoms with Crippen LogP contribution in [-0.2, 0) is 28.3 Å². The number of aryl methyl sites for hydroxylation is 2. The molecule has 1 aliphatic heterocycles. The lowest BCUT2D eigenvalue weighted by Gasteiger charge is -2.34. The van der Waals surface area contributed by atoms with Crippen molar-refractivity contribution in [3.63, 3.8) is 0 Å². The maximum absolute atomic E-state index is 13.5. The van der Waals surface area contributed by atoms with E-state index < -0.39 is 10.0 Å². The zero-order valence-electron chi connectivity index (χ0n) is 21.8. The summed E-state index contributed by atoms with van der Waals surface area (Å²) < 4.78 is 35.8. The molecule has 0 atom stereocenters. The van der Waals surface area contributed by atoms with Crippen molar-refractivity contribution < 1.29 is 17.9 Å². The minimum absolute atomic E-state index is 0.0474. The Hall–Kier alpha value is -3.25. The van der Waals surface area contributed by atoms with Crippen LogP contribution in [0.15, 0.2) is 27.9 Å². The predicted octanol–water partition coefficient (Wildman–Crippen LogP) is 2.31. The molecule has 1 amide bonds. The highest BCUT2D eigenvalue weighted by molar-refractivity contribution is 7.89. The van der Waals surface area contributed by atoms with Crippen LogP contribution >= 0.6 is 0 Å². The molecule has 1 aromatic carbocycles. The summed E-state index contributed by atoms with van der Waals surface area (Å²) in [5.74, 6) is 0.685. The fraction of sp³-hybridized carbons (Fsp3) is 0.520. The highest BCUT2D eigenvalue weighted by Crippen LogP contribution is 2.32. The summed E-state index contributed by atoms with van der Waals surface area (Å²) in [6.45, 7) is 7.30. The van der Waals surface area contributed by atoms with Gasteiger partial charge in [-0.2, -0.15) is 9.40 Å². The number of aromatic nitrogens is 4. The van der Waals surface area contributed by atoms with Crippen LogP contribution < -0.4 is 10.3 Å². The Morgan fingerprint density at radius 2 is 1.84 bits per heavy atom. The van der Waals surface area contributed by atoms with Crippen molar-refractivity contribution in [1.82, 2.24) is 29.0 Å². The third-order valence-electron chi connectivity index (χ3n) is 6.45. The van der Waals surface area contributed by atoms with Crippen molar-refractivity contribution in [2.45, 2.75) is 51.3 Å². The van der Waals surface area contributed by atoms with E-state index in [1.165, 1.54) is 21.1 Å². The lowest BCUT2D eigenvalue weighted by atomic mass is 10.1. The lowest BCUT2D eigenvalue weighted by molar-refractivity contribution is -0.132. The SMILES string of the molecule is CCCC(=O)N1CCN(S(=O)(=O)c2ccc(OCC)c(-c3nc4c(CCC)nn(C)c4c(=O)[nH]3)c2)CC1. The second-order valence-electron chi connectivity index (χ2n) is 9.06. The monoisotopic (exact) mass is 530 g/mol. The molecule has 0 bridgehead atoms. The van der Waals surface area contributed by atoms with Crippen molar-refractivity contribution in [2.75, 3.05) is 32.8 Å². The fourth-order valence-electron chi connectivity index (χ4n) is 4.61. The molecule has 4 rings (SSSR count). The largest absolute Gasteiger partial charge is 0.493 e. The highest BCUT2D eigenvalue weighted by Gasteiger charge is 2.31. The predicted molar refractivity (Wildman–Crippen MR) is 140 cm³/mol. The zero-order valence-corrected chi connectivity index (χ0v) is 22.6. The summed E-state index contributed by atoms with van der Waals surface area (Å²) in [5, 5.41) is 4.45. The van der Waals surface area contributed by atoms with Gasteiger partial charge in [-0.1, -0.05) is 20.3 Å². The number of hydrogen-bond acceptors (Lipinski definition) is 7. The first-order valence-corrected chi connectivity index (χ1v) is 14.2. The topological polar surface area (TPSA) is 130 Å². The molecule has 3 aromatic rings. The molecular formula is C25H34N6O5S. The molecule has 11 nitrogen and oxygen atoms in total. The second-order valence-corrected chi connectivity index (χ2v) is 11.0. The molecule has 0 aliphatic carbocycles. The Morgan fingerprint density at radius 1 is 1.11 bits per heavy atom. The fourth-order valence-corrected chi connectivity index (χ4v) is 6.06. The van der Waals surface area contributed by atoms with Gasteiger partial charge in [0.1, 0.15) is 17.1 Å².